The number of ether oxygens (including phenoxy) is 2. The van der Waals surface area contributed by atoms with E-state index in [1.165, 1.54) is 7.11 Å². The highest BCUT2D eigenvalue weighted by atomic mass is 32.2. The van der Waals surface area contributed by atoms with Gasteiger partial charge in [-0.15, -0.1) is 0 Å². The van der Waals surface area contributed by atoms with Gasteiger partial charge in [0.2, 0.25) is 0 Å². The molecule has 0 aliphatic carbocycles. The van der Waals surface area contributed by atoms with E-state index in [1.807, 2.05) is 47.3 Å². The maximum atomic E-state index is 12.8. The molecule has 138 valence electrons. The molecule has 4 rings (SSSR count). The van der Waals surface area contributed by atoms with Crippen molar-refractivity contribution in [3.8, 4) is 17.2 Å². The quantitative estimate of drug-likeness (QED) is 0.554. The Bertz CT molecular complexity index is 1110. The number of benzene rings is 1. The van der Waals surface area contributed by atoms with Gasteiger partial charge in [0.25, 0.3) is 0 Å². The summed E-state index contributed by atoms with van der Waals surface area (Å²) in [5.41, 5.74) is 3.16. The number of hydrogen-bond acceptors (Lipinski definition) is 5. The van der Waals surface area contributed by atoms with Crippen LogP contribution in [0.25, 0.3) is 16.7 Å². The topological polar surface area (TPSA) is 82.0 Å². The van der Waals surface area contributed by atoms with Crippen molar-refractivity contribution >= 4 is 21.8 Å². The molecule has 27 heavy (non-hydrogen) atoms. The first-order chi connectivity index (χ1) is 13.2. The summed E-state index contributed by atoms with van der Waals surface area (Å²) in [5, 5.41) is 0.404. The van der Waals surface area contributed by atoms with Gasteiger partial charge in [-0.25, -0.2) is 4.98 Å². The van der Waals surface area contributed by atoms with Gasteiger partial charge in [-0.3, -0.25) is 9.19 Å². The Morgan fingerprint density at radius 3 is 2.70 bits per heavy atom. The fourth-order valence-electron chi connectivity index (χ4n) is 2.90. The van der Waals surface area contributed by atoms with Crippen LogP contribution >= 0.6 is 0 Å². The fourth-order valence-corrected chi connectivity index (χ4v) is 3.91. The lowest BCUT2D eigenvalue weighted by atomic mass is 10.3. The Hall–Kier alpha value is -3.13. The van der Waals surface area contributed by atoms with Crippen LogP contribution in [0.1, 0.15) is 5.69 Å². The van der Waals surface area contributed by atoms with Crippen molar-refractivity contribution in [1.29, 1.82) is 0 Å². The van der Waals surface area contributed by atoms with Gasteiger partial charge in [-0.1, -0.05) is 0 Å². The zero-order valence-electron chi connectivity index (χ0n) is 14.9. The summed E-state index contributed by atoms with van der Waals surface area (Å²) < 4.78 is 25.5. The highest BCUT2D eigenvalue weighted by molar-refractivity contribution is 7.84. The Kier molecular flexibility index (Phi) is 4.64. The van der Waals surface area contributed by atoms with E-state index in [9.17, 15) is 4.21 Å². The molecule has 0 radical (unpaired) electrons. The van der Waals surface area contributed by atoms with Gasteiger partial charge < -0.3 is 19.0 Å². The molecule has 1 unspecified atom stereocenters. The molecule has 3 heterocycles. The van der Waals surface area contributed by atoms with E-state index in [0.717, 1.165) is 16.7 Å². The average Bonchev–Trinajstić information content (AvgIpc) is 3.36. The van der Waals surface area contributed by atoms with Crippen molar-refractivity contribution in [3.05, 3.63) is 60.7 Å². The van der Waals surface area contributed by atoms with E-state index in [0.29, 0.717) is 22.3 Å². The molecule has 0 bridgehead atoms. The number of aromatic amines is 1. The number of pyridine rings is 1. The van der Waals surface area contributed by atoms with Crippen LogP contribution in [0.2, 0.25) is 0 Å². The number of aromatic nitrogens is 4. The molecule has 1 atom stereocenters. The van der Waals surface area contributed by atoms with Crippen LogP contribution in [0.4, 0.5) is 0 Å². The molecule has 0 spiro atoms. The standard InChI is InChI=1S/C19H18N4O3S/c1-25-17-7-8-20-16(18(17)26-2)12-27(24)19-21-14-6-5-13(11-15(14)22-19)23-9-3-4-10-23/h3-11H,12H2,1-2H3,(H,21,22). The number of nitrogens with one attached hydrogen (secondary N) is 1. The number of rotatable bonds is 6. The first kappa shape index (κ1) is 17.3. The summed E-state index contributed by atoms with van der Waals surface area (Å²) in [5.74, 6) is 1.21. The van der Waals surface area contributed by atoms with Crippen molar-refractivity contribution in [2.75, 3.05) is 14.2 Å². The molecule has 3 aromatic heterocycles. The minimum Gasteiger partial charge on any atom is -0.493 e. The highest BCUT2D eigenvalue weighted by Gasteiger charge is 2.17. The van der Waals surface area contributed by atoms with Gasteiger partial charge in [-0.05, 0) is 30.3 Å². The van der Waals surface area contributed by atoms with Gasteiger partial charge >= 0.3 is 0 Å². The van der Waals surface area contributed by atoms with E-state index in [4.69, 9.17) is 9.47 Å². The maximum absolute atomic E-state index is 12.8. The maximum Gasteiger partial charge on any atom is 0.197 e. The smallest absolute Gasteiger partial charge is 0.197 e. The second kappa shape index (κ2) is 7.24. The third kappa shape index (κ3) is 3.31. The molecule has 0 saturated carbocycles. The van der Waals surface area contributed by atoms with E-state index in [-0.39, 0.29) is 5.75 Å². The van der Waals surface area contributed by atoms with E-state index in [2.05, 4.69) is 15.0 Å². The minimum absolute atomic E-state index is 0.171. The first-order valence-corrected chi connectivity index (χ1v) is 9.59. The summed E-state index contributed by atoms with van der Waals surface area (Å²) >= 11 is 0. The Morgan fingerprint density at radius 1 is 1.15 bits per heavy atom. The van der Waals surface area contributed by atoms with Crippen LogP contribution in [-0.2, 0) is 16.6 Å². The largest absolute Gasteiger partial charge is 0.493 e. The highest BCUT2D eigenvalue weighted by Crippen LogP contribution is 2.30. The van der Waals surface area contributed by atoms with Crippen molar-refractivity contribution in [3.63, 3.8) is 0 Å². The minimum atomic E-state index is -1.40. The van der Waals surface area contributed by atoms with Crippen LogP contribution in [0.15, 0.2) is 60.1 Å². The lowest BCUT2D eigenvalue weighted by Crippen LogP contribution is -2.04. The van der Waals surface area contributed by atoms with Gasteiger partial charge in [0.05, 0.1) is 47.5 Å². The number of imidazole rings is 1. The van der Waals surface area contributed by atoms with E-state index < -0.39 is 10.8 Å². The second-order valence-electron chi connectivity index (χ2n) is 5.82. The predicted octanol–water partition coefficient (Wildman–Crippen LogP) is 3.07. The molecular formula is C19H18N4O3S. The molecule has 0 amide bonds. The number of nitrogens with zero attached hydrogens (tertiary/aromatic N) is 3. The first-order valence-electron chi connectivity index (χ1n) is 8.27. The predicted molar refractivity (Wildman–Crippen MR) is 103 cm³/mol. The lowest BCUT2D eigenvalue weighted by Gasteiger charge is -2.10. The molecule has 7 nitrogen and oxygen atoms in total. The molecule has 0 aliphatic heterocycles. The monoisotopic (exact) mass is 382 g/mol. The molecular weight excluding hydrogens is 364 g/mol. The summed E-state index contributed by atoms with van der Waals surface area (Å²) in [6, 6.07) is 11.5. The van der Waals surface area contributed by atoms with Gasteiger partial charge in [0.15, 0.2) is 16.7 Å². The SMILES string of the molecule is COc1ccnc(CS(=O)c2nc3ccc(-n4cccc4)cc3[nH]2)c1OC. The summed E-state index contributed by atoms with van der Waals surface area (Å²) in [7, 11) is 1.69. The van der Waals surface area contributed by atoms with Crippen LogP contribution < -0.4 is 9.47 Å². The molecule has 0 saturated heterocycles. The molecule has 0 fully saturated rings. The second-order valence-corrected chi connectivity index (χ2v) is 7.18. The number of fused-ring (bicyclic) bond motifs is 1. The average molecular weight is 382 g/mol. The van der Waals surface area contributed by atoms with Crippen molar-refractivity contribution < 1.29 is 13.7 Å². The summed E-state index contributed by atoms with van der Waals surface area (Å²) in [4.78, 5) is 11.9. The third-order valence-corrected chi connectivity index (χ3v) is 5.36. The van der Waals surface area contributed by atoms with Gasteiger partial charge in [0.1, 0.15) is 0 Å². The van der Waals surface area contributed by atoms with Crippen molar-refractivity contribution in [1.82, 2.24) is 19.5 Å². The normalized spacial score (nSPS) is 12.2. The summed E-state index contributed by atoms with van der Waals surface area (Å²) in [6.07, 6.45) is 5.55. The molecule has 1 aromatic carbocycles. The number of H-pyrrole nitrogens is 1. The molecule has 8 heteroatoms. The number of methoxy groups -OCH3 is 2. The number of hydrogen-bond donors (Lipinski definition) is 1. The summed E-state index contributed by atoms with van der Waals surface area (Å²) in [6.45, 7) is 0. The van der Waals surface area contributed by atoms with Crippen LogP contribution in [-0.4, -0.2) is 37.9 Å². The lowest BCUT2D eigenvalue weighted by molar-refractivity contribution is 0.350. The Morgan fingerprint density at radius 2 is 1.96 bits per heavy atom. The van der Waals surface area contributed by atoms with Crippen LogP contribution in [0, 0.1) is 0 Å². The fraction of sp³-hybridized carbons (Fsp3) is 0.158. The molecule has 1 N–H and O–H groups in total. The van der Waals surface area contributed by atoms with Crippen LogP contribution in [0.5, 0.6) is 11.5 Å². The Labute approximate surface area is 158 Å². The van der Waals surface area contributed by atoms with Crippen molar-refractivity contribution in [2.45, 2.75) is 10.9 Å². The zero-order valence-corrected chi connectivity index (χ0v) is 15.7. The van der Waals surface area contributed by atoms with Gasteiger partial charge in [0, 0.05) is 30.3 Å². The van der Waals surface area contributed by atoms with Gasteiger partial charge in [-0.2, -0.15) is 0 Å². The molecule has 0 aliphatic rings. The van der Waals surface area contributed by atoms with E-state index in [1.54, 1.807) is 19.4 Å². The Balaban J connectivity index is 1.64. The van der Waals surface area contributed by atoms with Crippen LogP contribution in [0.3, 0.4) is 0 Å². The van der Waals surface area contributed by atoms with Crippen molar-refractivity contribution in [2.24, 2.45) is 0 Å². The zero-order chi connectivity index (χ0) is 18.8. The van der Waals surface area contributed by atoms with E-state index >= 15 is 0 Å². The molecule has 4 aromatic rings. The third-order valence-electron chi connectivity index (χ3n) is 4.20.